The lowest BCUT2D eigenvalue weighted by Gasteiger charge is -2.10. The first-order chi connectivity index (χ1) is 4.34. The van der Waals surface area contributed by atoms with E-state index in [2.05, 4.69) is 5.32 Å². The van der Waals surface area contributed by atoms with Crippen LogP contribution in [0, 0.1) is 11.5 Å². The van der Waals surface area contributed by atoms with E-state index in [1.165, 1.54) is 0 Å². The summed E-state index contributed by atoms with van der Waals surface area (Å²) in [5, 5.41) is 19.8. The third-order valence-electron chi connectivity index (χ3n) is 1.73. The molecule has 1 fully saturated rings. The quantitative estimate of drug-likeness (QED) is 0.383. The largest absolute Gasteiger partial charge is 0.391 e. The number of aliphatic hydroxyl groups is 1. The molecule has 9 heavy (non-hydrogen) atoms. The van der Waals surface area contributed by atoms with E-state index in [-0.39, 0.29) is 12.1 Å². The first-order valence-electron chi connectivity index (χ1n) is 3.17. The van der Waals surface area contributed by atoms with E-state index in [1.54, 1.807) is 0 Å². The number of nitriles is 1. The second-order valence-corrected chi connectivity index (χ2v) is 2.36. The smallest absolute Gasteiger partial charge is 0.176 e. The molecule has 0 radical (unpaired) electrons. The number of nitrogens with zero attached hydrogens (tertiary/aromatic N) is 1. The molecule has 0 aliphatic heterocycles. The van der Waals surface area contributed by atoms with Crippen LogP contribution in [0.4, 0.5) is 0 Å². The van der Waals surface area contributed by atoms with Crippen LogP contribution in [-0.2, 0) is 0 Å². The number of hydrogen-bond donors (Lipinski definition) is 2. The minimum atomic E-state index is -0.301. The van der Waals surface area contributed by atoms with E-state index >= 15 is 0 Å². The van der Waals surface area contributed by atoms with Crippen molar-refractivity contribution in [1.82, 2.24) is 5.32 Å². The van der Waals surface area contributed by atoms with Gasteiger partial charge in [-0.15, -0.1) is 0 Å². The Balaban J connectivity index is 2.33. The SMILES string of the molecule is N#CNC1CCCC1O. The van der Waals surface area contributed by atoms with Crippen LogP contribution < -0.4 is 5.32 Å². The number of rotatable bonds is 1. The van der Waals surface area contributed by atoms with Crippen LogP contribution in [-0.4, -0.2) is 17.3 Å². The van der Waals surface area contributed by atoms with Gasteiger partial charge in [-0.05, 0) is 19.3 Å². The highest BCUT2D eigenvalue weighted by Crippen LogP contribution is 2.17. The molecule has 3 heteroatoms. The van der Waals surface area contributed by atoms with Gasteiger partial charge in [0.2, 0.25) is 0 Å². The van der Waals surface area contributed by atoms with Crippen LogP contribution in [0.3, 0.4) is 0 Å². The lowest BCUT2D eigenvalue weighted by atomic mass is 10.2. The highest BCUT2D eigenvalue weighted by atomic mass is 16.3. The van der Waals surface area contributed by atoms with Crippen LogP contribution in [0.15, 0.2) is 0 Å². The molecule has 50 valence electrons. The van der Waals surface area contributed by atoms with E-state index in [0.717, 1.165) is 19.3 Å². The van der Waals surface area contributed by atoms with Crippen molar-refractivity contribution in [2.75, 3.05) is 0 Å². The zero-order chi connectivity index (χ0) is 6.69. The van der Waals surface area contributed by atoms with E-state index < -0.39 is 0 Å². The van der Waals surface area contributed by atoms with Crippen LogP contribution >= 0.6 is 0 Å². The van der Waals surface area contributed by atoms with Gasteiger partial charge in [0.05, 0.1) is 12.1 Å². The third-order valence-corrected chi connectivity index (χ3v) is 1.73. The average Bonchev–Trinajstić information content (AvgIpc) is 2.18. The molecule has 2 N–H and O–H groups in total. The van der Waals surface area contributed by atoms with Gasteiger partial charge in [-0.25, -0.2) is 0 Å². The molecule has 0 saturated heterocycles. The standard InChI is InChI=1S/C6H10N2O/c7-4-8-5-2-1-3-6(5)9/h5-6,8-9H,1-3H2. The highest BCUT2D eigenvalue weighted by molar-refractivity contribution is 4.87. The Bertz CT molecular complexity index is 130. The van der Waals surface area contributed by atoms with Crippen LogP contribution in [0.25, 0.3) is 0 Å². The molecule has 0 bridgehead atoms. The molecule has 1 rings (SSSR count). The van der Waals surface area contributed by atoms with Crippen molar-refractivity contribution in [3.8, 4) is 6.19 Å². The number of nitrogens with one attached hydrogen (secondary N) is 1. The summed E-state index contributed by atoms with van der Waals surface area (Å²) >= 11 is 0. The fourth-order valence-electron chi connectivity index (χ4n) is 1.19. The van der Waals surface area contributed by atoms with E-state index in [9.17, 15) is 0 Å². The van der Waals surface area contributed by atoms with Crippen LogP contribution in [0.1, 0.15) is 19.3 Å². The van der Waals surface area contributed by atoms with Crippen molar-refractivity contribution in [1.29, 1.82) is 5.26 Å². The summed E-state index contributed by atoms with van der Waals surface area (Å²) in [6.45, 7) is 0. The first kappa shape index (κ1) is 6.37. The monoisotopic (exact) mass is 126 g/mol. The summed E-state index contributed by atoms with van der Waals surface area (Å²) in [6.07, 6.45) is 4.32. The predicted octanol–water partition coefficient (Wildman–Crippen LogP) is -0.0295. The molecule has 0 heterocycles. The van der Waals surface area contributed by atoms with Crippen molar-refractivity contribution in [3.63, 3.8) is 0 Å². The van der Waals surface area contributed by atoms with Gasteiger partial charge in [0.1, 0.15) is 0 Å². The Morgan fingerprint density at radius 3 is 2.78 bits per heavy atom. The Morgan fingerprint density at radius 2 is 2.33 bits per heavy atom. The summed E-state index contributed by atoms with van der Waals surface area (Å²) in [5.41, 5.74) is 0. The molecular formula is C6H10N2O. The van der Waals surface area contributed by atoms with Gasteiger partial charge >= 0.3 is 0 Å². The molecule has 0 aromatic rings. The maximum Gasteiger partial charge on any atom is 0.176 e. The normalized spacial score (nSPS) is 33.8. The van der Waals surface area contributed by atoms with Crippen molar-refractivity contribution in [3.05, 3.63) is 0 Å². The fourth-order valence-corrected chi connectivity index (χ4v) is 1.19. The van der Waals surface area contributed by atoms with E-state index in [4.69, 9.17) is 10.4 Å². The van der Waals surface area contributed by atoms with E-state index in [0.29, 0.717) is 0 Å². The molecule has 0 amide bonds. The minimum Gasteiger partial charge on any atom is -0.391 e. The van der Waals surface area contributed by atoms with Crippen molar-refractivity contribution in [2.45, 2.75) is 31.4 Å². The second-order valence-electron chi connectivity index (χ2n) is 2.36. The zero-order valence-electron chi connectivity index (χ0n) is 5.17. The topological polar surface area (TPSA) is 56.0 Å². The third kappa shape index (κ3) is 1.33. The maximum absolute atomic E-state index is 9.11. The molecule has 2 unspecified atom stereocenters. The molecule has 1 aliphatic carbocycles. The molecule has 1 aliphatic rings. The van der Waals surface area contributed by atoms with Crippen LogP contribution in [0.2, 0.25) is 0 Å². The fraction of sp³-hybridized carbons (Fsp3) is 0.833. The predicted molar refractivity (Wildman–Crippen MR) is 32.4 cm³/mol. The zero-order valence-corrected chi connectivity index (χ0v) is 5.17. The van der Waals surface area contributed by atoms with Crippen molar-refractivity contribution in [2.24, 2.45) is 0 Å². The van der Waals surface area contributed by atoms with E-state index in [1.807, 2.05) is 6.19 Å². The summed E-state index contributed by atoms with van der Waals surface area (Å²) in [6, 6.07) is 0.0231. The maximum atomic E-state index is 9.11. The average molecular weight is 126 g/mol. The summed E-state index contributed by atoms with van der Waals surface area (Å²) < 4.78 is 0. The molecule has 1 saturated carbocycles. The van der Waals surface area contributed by atoms with Gasteiger partial charge in [-0.3, -0.25) is 0 Å². The van der Waals surface area contributed by atoms with Gasteiger partial charge in [0.15, 0.2) is 6.19 Å². The molecular weight excluding hydrogens is 116 g/mol. The number of hydrogen-bond acceptors (Lipinski definition) is 3. The summed E-state index contributed by atoms with van der Waals surface area (Å²) in [7, 11) is 0. The lowest BCUT2D eigenvalue weighted by Crippen LogP contribution is -2.31. The van der Waals surface area contributed by atoms with Gasteiger partial charge in [-0.1, -0.05) is 0 Å². The Hall–Kier alpha value is -0.750. The minimum absolute atomic E-state index is 0.0231. The molecule has 3 nitrogen and oxygen atoms in total. The second kappa shape index (κ2) is 2.70. The molecule has 0 aromatic carbocycles. The summed E-state index contributed by atoms with van der Waals surface area (Å²) in [4.78, 5) is 0. The summed E-state index contributed by atoms with van der Waals surface area (Å²) in [5.74, 6) is 0. The van der Waals surface area contributed by atoms with Crippen molar-refractivity contribution >= 4 is 0 Å². The Kier molecular flexibility index (Phi) is 1.91. The van der Waals surface area contributed by atoms with Crippen molar-refractivity contribution < 1.29 is 5.11 Å². The Morgan fingerprint density at radius 1 is 1.56 bits per heavy atom. The highest BCUT2D eigenvalue weighted by Gasteiger charge is 2.23. The number of aliphatic hydroxyl groups excluding tert-OH is 1. The Labute approximate surface area is 54.3 Å². The van der Waals surface area contributed by atoms with Gasteiger partial charge in [0, 0.05) is 0 Å². The molecule has 0 spiro atoms. The lowest BCUT2D eigenvalue weighted by molar-refractivity contribution is 0.156. The molecule has 0 aromatic heterocycles. The molecule has 2 atom stereocenters. The first-order valence-corrected chi connectivity index (χ1v) is 3.17. The van der Waals surface area contributed by atoms with Crippen LogP contribution in [0.5, 0.6) is 0 Å². The van der Waals surface area contributed by atoms with Gasteiger partial charge < -0.3 is 10.4 Å². The van der Waals surface area contributed by atoms with Gasteiger partial charge in [-0.2, -0.15) is 5.26 Å². The van der Waals surface area contributed by atoms with Gasteiger partial charge in [0.25, 0.3) is 0 Å².